The van der Waals surface area contributed by atoms with Crippen LogP contribution >= 0.6 is 0 Å². The molecule has 0 bridgehead atoms. The second kappa shape index (κ2) is 12.4. The van der Waals surface area contributed by atoms with Crippen molar-refractivity contribution in [3.8, 4) is 0 Å². The quantitative estimate of drug-likeness (QED) is 0.538. The summed E-state index contributed by atoms with van der Waals surface area (Å²) in [7, 11) is 0.401. The first-order valence-corrected chi connectivity index (χ1v) is 11.7. The molecule has 8 nitrogen and oxygen atoms in total. The SMILES string of the molecule is CCC[Si](C)(O[Si](=O)OC)O[Si](OC)(OC)OC.COC. The van der Waals surface area contributed by atoms with Gasteiger partial charge in [-0.1, -0.05) is 13.3 Å². The van der Waals surface area contributed by atoms with E-state index in [2.05, 4.69) is 9.16 Å². The van der Waals surface area contributed by atoms with Crippen LogP contribution < -0.4 is 0 Å². The van der Waals surface area contributed by atoms with E-state index in [0.717, 1.165) is 6.42 Å². The smallest absolute Gasteiger partial charge is 0.530 e. The lowest BCUT2D eigenvalue weighted by molar-refractivity contribution is 0.0390. The highest BCUT2D eigenvalue weighted by atomic mass is 28.5. The Morgan fingerprint density at radius 2 is 1.38 bits per heavy atom. The molecule has 1 atom stereocenters. The van der Waals surface area contributed by atoms with Crippen LogP contribution in [-0.4, -0.2) is 69.4 Å². The molecular weight excluding hydrogens is 332 g/mol. The first-order valence-electron chi connectivity index (χ1n) is 6.35. The number of methoxy groups -OCH3 is 1. The summed E-state index contributed by atoms with van der Waals surface area (Å²) in [6, 6.07) is 0.637. The Labute approximate surface area is 131 Å². The minimum absolute atomic E-state index is 0.637. The summed E-state index contributed by atoms with van der Waals surface area (Å²) >= 11 is 0. The Bertz CT molecular complexity index is 269. The van der Waals surface area contributed by atoms with E-state index >= 15 is 0 Å². The van der Waals surface area contributed by atoms with Gasteiger partial charge in [-0.25, -0.2) is 0 Å². The molecule has 0 aromatic heterocycles. The van der Waals surface area contributed by atoms with Gasteiger partial charge in [0.25, 0.3) is 0 Å². The minimum Gasteiger partial charge on any atom is -0.530 e. The topological polar surface area (TPSA) is 81.7 Å². The molecule has 1 unspecified atom stereocenters. The highest BCUT2D eigenvalue weighted by Crippen LogP contribution is 2.22. The molecule has 0 radical (unpaired) electrons. The Balaban J connectivity index is 0. The third-order valence-electron chi connectivity index (χ3n) is 2.26. The van der Waals surface area contributed by atoms with E-state index in [9.17, 15) is 4.46 Å². The highest BCUT2D eigenvalue weighted by Gasteiger charge is 2.52. The summed E-state index contributed by atoms with van der Waals surface area (Å²) in [5, 5.41) is 0. The predicted molar refractivity (Wildman–Crippen MR) is 82.0 cm³/mol. The molecular formula is C10H28O8Si3. The average molecular weight is 361 g/mol. The van der Waals surface area contributed by atoms with Crippen LogP contribution in [-0.2, 0) is 35.1 Å². The lowest BCUT2D eigenvalue weighted by Gasteiger charge is -2.33. The van der Waals surface area contributed by atoms with Gasteiger partial charge >= 0.3 is 26.8 Å². The van der Waals surface area contributed by atoms with Gasteiger partial charge in [-0.15, -0.1) is 0 Å². The van der Waals surface area contributed by atoms with Gasteiger partial charge in [-0.3, -0.25) is 4.46 Å². The van der Waals surface area contributed by atoms with Crippen molar-refractivity contribution in [2.45, 2.75) is 25.9 Å². The second-order valence-electron chi connectivity index (χ2n) is 4.06. The first-order chi connectivity index (χ1) is 9.82. The van der Waals surface area contributed by atoms with Gasteiger partial charge in [-0.05, 0) is 6.55 Å². The van der Waals surface area contributed by atoms with Gasteiger partial charge in [0.15, 0.2) is 0 Å². The van der Waals surface area contributed by atoms with Crippen molar-refractivity contribution < 1.29 is 35.1 Å². The normalized spacial score (nSPS) is 13.7. The van der Waals surface area contributed by atoms with Crippen molar-refractivity contribution in [1.82, 2.24) is 0 Å². The van der Waals surface area contributed by atoms with E-state index in [0.29, 0.717) is 6.04 Å². The summed E-state index contributed by atoms with van der Waals surface area (Å²) in [5.74, 6) is 0. The molecule has 128 valence electrons. The zero-order valence-corrected chi connectivity index (χ0v) is 17.2. The first kappa shape index (κ1) is 23.1. The van der Waals surface area contributed by atoms with Crippen LogP contribution in [0.4, 0.5) is 0 Å². The van der Waals surface area contributed by atoms with Crippen LogP contribution in [0.5, 0.6) is 0 Å². The molecule has 0 spiro atoms. The number of ether oxygens (including phenoxy) is 1. The van der Waals surface area contributed by atoms with Gasteiger partial charge < -0.3 is 30.7 Å². The fraction of sp³-hybridized carbons (Fsp3) is 1.00. The van der Waals surface area contributed by atoms with Gasteiger partial charge in [0.2, 0.25) is 0 Å². The van der Waals surface area contributed by atoms with Crippen LogP contribution in [0, 0.1) is 0 Å². The van der Waals surface area contributed by atoms with Crippen LogP contribution in [0.25, 0.3) is 0 Å². The number of hydrogen-bond acceptors (Lipinski definition) is 8. The Morgan fingerprint density at radius 3 is 1.67 bits per heavy atom. The standard InChI is InChI=1S/C8H22O7Si3.C2H6O/c1-7-8-17(6,14-16(9)10-2)15-18(11-3,12-4)13-5;1-3-2/h7-8H2,1-6H3;1-2H3. The lowest BCUT2D eigenvalue weighted by Crippen LogP contribution is -2.57. The summed E-state index contributed by atoms with van der Waals surface area (Å²) in [6.45, 7) is 3.77. The lowest BCUT2D eigenvalue weighted by atomic mass is 10.6. The maximum Gasteiger partial charge on any atom is 0.753 e. The fourth-order valence-electron chi connectivity index (χ4n) is 1.43. The number of hydrogen-bond donors (Lipinski definition) is 0. The van der Waals surface area contributed by atoms with Crippen molar-refractivity contribution >= 4 is 26.8 Å². The van der Waals surface area contributed by atoms with Gasteiger partial charge in [0.1, 0.15) is 0 Å². The molecule has 0 rings (SSSR count). The van der Waals surface area contributed by atoms with Crippen LogP contribution in [0.15, 0.2) is 0 Å². The Morgan fingerprint density at radius 1 is 0.952 bits per heavy atom. The van der Waals surface area contributed by atoms with Crippen LogP contribution in [0.1, 0.15) is 13.3 Å². The molecule has 0 aliphatic rings. The molecule has 0 saturated heterocycles. The summed E-state index contributed by atoms with van der Waals surface area (Å²) in [5.41, 5.74) is 0. The van der Waals surface area contributed by atoms with E-state index in [-0.39, 0.29) is 0 Å². The molecule has 0 saturated carbocycles. The summed E-state index contributed by atoms with van der Waals surface area (Å²) < 4.78 is 47.2. The van der Waals surface area contributed by atoms with Crippen LogP contribution in [0.3, 0.4) is 0 Å². The molecule has 0 aliphatic heterocycles. The fourth-order valence-corrected chi connectivity index (χ4v) is 9.06. The van der Waals surface area contributed by atoms with Crippen molar-refractivity contribution in [2.24, 2.45) is 0 Å². The van der Waals surface area contributed by atoms with Crippen molar-refractivity contribution in [2.75, 3.05) is 42.7 Å². The zero-order valence-electron chi connectivity index (χ0n) is 14.2. The number of rotatable bonds is 10. The molecule has 0 heterocycles. The summed E-state index contributed by atoms with van der Waals surface area (Å²) in [4.78, 5) is 0. The van der Waals surface area contributed by atoms with E-state index in [1.165, 1.54) is 28.4 Å². The molecule has 0 amide bonds. The molecule has 0 N–H and O–H groups in total. The minimum atomic E-state index is -3.21. The predicted octanol–water partition coefficient (Wildman–Crippen LogP) is 1.20. The monoisotopic (exact) mass is 360 g/mol. The summed E-state index contributed by atoms with van der Waals surface area (Å²) in [6.07, 6.45) is 0.823. The van der Waals surface area contributed by atoms with E-state index in [4.69, 9.17) is 21.5 Å². The van der Waals surface area contributed by atoms with Crippen molar-refractivity contribution in [1.29, 1.82) is 0 Å². The van der Waals surface area contributed by atoms with Crippen molar-refractivity contribution in [3.05, 3.63) is 0 Å². The zero-order chi connectivity index (χ0) is 16.9. The van der Waals surface area contributed by atoms with Gasteiger partial charge in [0.05, 0.1) is 7.11 Å². The molecule has 11 heteroatoms. The largest absolute Gasteiger partial charge is 0.753 e. The Kier molecular flexibility index (Phi) is 13.7. The maximum absolute atomic E-state index is 11.4. The highest BCUT2D eigenvalue weighted by molar-refractivity contribution is 6.78. The third-order valence-corrected chi connectivity index (χ3v) is 10.6. The van der Waals surface area contributed by atoms with E-state index < -0.39 is 26.8 Å². The van der Waals surface area contributed by atoms with E-state index in [1.54, 1.807) is 20.8 Å². The molecule has 0 aliphatic carbocycles. The molecule has 21 heavy (non-hydrogen) atoms. The van der Waals surface area contributed by atoms with E-state index in [1.807, 2.05) is 6.92 Å². The molecule has 0 aromatic carbocycles. The molecule has 0 aromatic rings. The second-order valence-corrected chi connectivity index (χ2v) is 11.6. The van der Waals surface area contributed by atoms with Crippen LogP contribution in [0.2, 0.25) is 12.6 Å². The van der Waals surface area contributed by atoms with Gasteiger partial charge in [0, 0.05) is 41.6 Å². The molecule has 0 fully saturated rings. The average Bonchev–Trinajstić information content (AvgIpc) is 2.46. The Hall–Kier alpha value is -0.149. The third kappa shape index (κ3) is 9.47. The van der Waals surface area contributed by atoms with Crippen molar-refractivity contribution in [3.63, 3.8) is 0 Å². The maximum atomic E-state index is 11.4. The van der Waals surface area contributed by atoms with Gasteiger partial charge in [-0.2, -0.15) is 0 Å².